The molecule has 0 bridgehead atoms. The molecule has 0 aliphatic carbocycles. The zero-order valence-electron chi connectivity index (χ0n) is 21.7. The van der Waals surface area contributed by atoms with E-state index in [1.54, 1.807) is 0 Å². The molecule has 4 aromatic carbocycles. The summed E-state index contributed by atoms with van der Waals surface area (Å²) in [6, 6.07) is 37.2. The van der Waals surface area contributed by atoms with Crippen molar-refractivity contribution in [3.05, 3.63) is 103 Å². The maximum atomic E-state index is 5.10. The molecule has 0 radical (unpaired) electrons. The number of hydrogen-bond donors (Lipinski definition) is 0. The molecule has 2 aromatic heterocycles. The molecule has 0 amide bonds. The molecular weight excluding hydrogens is 448 g/mol. The maximum Gasteiger partial charge on any atom is 0.0716 e. The fraction of sp³-hybridized carbons (Fsp3) is 0.229. The SMILES string of the molecule is CCCCCCCCn1c2ccccc2c2cc(-c3cc(-c4ccccc4)c4ccccc4n3)ccc21. The van der Waals surface area contributed by atoms with Gasteiger partial charge in [0.1, 0.15) is 0 Å². The molecule has 6 rings (SSSR count). The maximum absolute atomic E-state index is 5.10. The van der Waals surface area contributed by atoms with Gasteiger partial charge in [0.2, 0.25) is 0 Å². The van der Waals surface area contributed by atoms with Gasteiger partial charge in [0.05, 0.1) is 11.2 Å². The fourth-order valence-electron chi connectivity index (χ4n) is 5.68. The first-order valence-corrected chi connectivity index (χ1v) is 13.8. The third-order valence-electron chi connectivity index (χ3n) is 7.60. The van der Waals surface area contributed by atoms with Crippen molar-refractivity contribution < 1.29 is 0 Å². The number of aryl methyl sites for hydroxylation is 1. The minimum Gasteiger partial charge on any atom is -0.340 e. The number of nitrogens with zero attached hydrogens (tertiary/aromatic N) is 2. The largest absolute Gasteiger partial charge is 0.340 e. The van der Waals surface area contributed by atoms with Gasteiger partial charge >= 0.3 is 0 Å². The second-order valence-corrected chi connectivity index (χ2v) is 10.1. The van der Waals surface area contributed by atoms with Crippen LogP contribution in [-0.2, 0) is 6.54 Å². The van der Waals surface area contributed by atoms with Gasteiger partial charge in [-0.3, -0.25) is 0 Å². The molecule has 0 aliphatic heterocycles. The Labute approximate surface area is 219 Å². The van der Waals surface area contributed by atoms with Gasteiger partial charge in [-0.1, -0.05) is 112 Å². The highest BCUT2D eigenvalue weighted by molar-refractivity contribution is 6.09. The Hall–Kier alpha value is -3.91. The van der Waals surface area contributed by atoms with Crippen LogP contribution in [0.3, 0.4) is 0 Å². The second-order valence-electron chi connectivity index (χ2n) is 10.1. The Morgan fingerprint density at radius 1 is 0.568 bits per heavy atom. The van der Waals surface area contributed by atoms with Gasteiger partial charge in [-0.25, -0.2) is 4.98 Å². The van der Waals surface area contributed by atoms with E-state index in [1.807, 2.05) is 0 Å². The van der Waals surface area contributed by atoms with E-state index in [-0.39, 0.29) is 0 Å². The number of para-hydroxylation sites is 2. The molecule has 0 atom stereocenters. The molecule has 0 unspecified atom stereocenters. The van der Waals surface area contributed by atoms with Crippen molar-refractivity contribution in [1.82, 2.24) is 9.55 Å². The summed E-state index contributed by atoms with van der Waals surface area (Å²) in [7, 11) is 0. The van der Waals surface area contributed by atoms with Crippen LogP contribution in [0.25, 0.3) is 55.1 Å². The standard InChI is InChI=1S/C35H34N2/c1-2-3-4-5-6-14-23-37-34-20-13-11-18-29(34)31-24-27(21-22-35(31)37)33-25-30(26-15-8-7-9-16-26)28-17-10-12-19-32(28)36-33/h7-13,15-22,24-25H,2-6,14,23H2,1H3. The zero-order chi connectivity index (χ0) is 25.0. The summed E-state index contributed by atoms with van der Waals surface area (Å²) in [4.78, 5) is 5.10. The highest BCUT2D eigenvalue weighted by Crippen LogP contribution is 2.36. The molecule has 0 aliphatic rings. The third kappa shape index (κ3) is 4.64. The molecule has 0 spiro atoms. The van der Waals surface area contributed by atoms with Gasteiger partial charge in [0.25, 0.3) is 0 Å². The van der Waals surface area contributed by atoms with Crippen LogP contribution in [0.5, 0.6) is 0 Å². The first kappa shape index (κ1) is 23.5. The zero-order valence-corrected chi connectivity index (χ0v) is 21.7. The molecular formula is C35H34N2. The van der Waals surface area contributed by atoms with Gasteiger partial charge in [0, 0.05) is 39.3 Å². The van der Waals surface area contributed by atoms with Crippen molar-refractivity contribution in [1.29, 1.82) is 0 Å². The monoisotopic (exact) mass is 482 g/mol. The Bertz CT molecular complexity index is 1660. The predicted molar refractivity (Wildman–Crippen MR) is 159 cm³/mol. The van der Waals surface area contributed by atoms with Crippen molar-refractivity contribution in [3.8, 4) is 22.4 Å². The van der Waals surface area contributed by atoms with E-state index in [0.717, 1.165) is 23.3 Å². The molecule has 2 heteroatoms. The molecule has 2 nitrogen and oxygen atoms in total. The van der Waals surface area contributed by atoms with Gasteiger partial charge in [0.15, 0.2) is 0 Å². The van der Waals surface area contributed by atoms with E-state index in [0.29, 0.717) is 0 Å². The summed E-state index contributed by atoms with van der Waals surface area (Å²) in [5.74, 6) is 0. The van der Waals surface area contributed by atoms with Gasteiger partial charge in [-0.05, 0) is 47.9 Å². The number of unbranched alkanes of at least 4 members (excludes halogenated alkanes) is 5. The lowest BCUT2D eigenvalue weighted by molar-refractivity contribution is 0.571. The first-order chi connectivity index (χ1) is 18.3. The van der Waals surface area contributed by atoms with Crippen molar-refractivity contribution in [2.45, 2.75) is 52.0 Å². The van der Waals surface area contributed by atoms with Crippen molar-refractivity contribution >= 4 is 32.7 Å². The Morgan fingerprint density at radius 2 is 1.27 bits per heavy atom. The quantitative estimate of drug-likeness (QED) is 0.187. The van der Waals surface area contributed by atoms with Crippen LogP contribution < -0.4 is 0 Å². The molecule has 184 valence electrons. The van der Waals surface area contributed by atoms with Crippen LogP contribution >= 0.6 is 0 Å². The van der Waals surface area contributed by atoms with Crippen LogP contribution in [0.4, 0.5) is 0 Å². The molecule has 0 fully saturated rings. The average Bonchev–Trinajstić information content (AvgIpc) is 3.27. The fourth-order valence-corrected chi connectivity index (χ4v) is 5.68. The molecule has 0 N–H and O–H groups in total. The van der Waals surface area contributed by atoms with E-state index >= 15 is 0 Å². The van der Waals surface area contributed by atoms with Gasteiger partial charge < -0.3 is 4.57 Å². The number of hydrogen-bond acceptors (Lipinski definition) is 1. The Balaban J connectivity index is 1.42. The summed E-state index contributed by atoms with van der Waals surface area (Å²) < 4.78 is 2.53. The van der Waals surface area contributed by atoms with E-state index in [2.05, 4.69) is 115 Å². The summed E-state index contributed by atoms with van der Waals surface area (Å²) in [5, 5.41) is 3.83. The summed E-state index contributed by atoms with van der Waals surface area (Å²) in [6.07, 6.45) is 7.88. The minimum absolute atomic E-state index is 1.02. The highest BCUT2D eigenvalue weighted by Gasteiger charge is 2.14. The third-order valence-corrected chi connectivity index (χ3v) is 7.60. The summed E-state index contributed by atoms with van der Waals surface area (Å²) >= 11 is 0. The van der Waals surface area contributed by atoms with Gasteiger partial charge in [-0.15, -0.1) is 0 Å². The lowest BCUT2D eigenvalue weighted by Gasteiger charge is -2.11. The average molecular weight is 483 g/mol. The molecule has 37 heavy (non-hydrogen) atoms. The molecule has 0 saturated carbocycles. The molecule has 0 saturated heterocycles. The van der Waals surface area contributed by atoms with E-state index in [1.165, 1.54) is 76.8 Å². The van der Waals surface area contributed by atoms with E-state index in [4.69, 9.17) is 4.98 Å². The summed E-state index contributed by atoms with van der Waals surface area (Å²) in [5.41, 5.74) is 8.32. The second kappa shape index (κ2) is 10.6. The molecule has 2 heterocycles. The predicted octanol–water partition coefficient (Wildman–Crippen LogP) is 10.0. The lowest BCUT2D eigenvalue weighted by Crippen LogP contribution is -1.97. The number of fused-ring (bicyclic) bond motifs is 4. The van der Waals surface area contributed by atoms with Crippen LogP contribution in [0.1, 0.15) is 45.4 Å². The van der Waals surface area contributed by atoms with Crippen molar-refractivity contribution in [2.75, 3.05) is 0 Å². The van der Waals surface area contributed by atoms with Crippen LogP contribution in [0.15, 0.2) is 103 Å². The highest BCUT2D eigenvalue weighted by atomic mass is 15.0. The number of rotatable bonds is 9. The van der Waals surface area contributed by atoms with Crippen molar-refractivity contribution in [2.24, 2.45) is 0 Å². The Morgan fingerprint density at radius 3 is 2.14 bits per heavy atom. The lowest BCUT2D eigenvalue weighted by atomic mass is 9.98. The first-order valence-electron chi connectivity index (χ1n) is 13.8. The van der Waals surface area contributed by atoms with Crippen molar-refractivity contribution in [3.63, 3.8) is 0 Å². The van der Waals surface area contributed by atoms with E-state index in [9.17, 15) is 0 Å². The topological polar surface area (TPSA) is 17.8 Å². The molecule has 6 aromatic rings. The number of pyridine rings is 1. The van der Waals surface area contributed by atoms with Crippen LogP contribution in [-0.4, -0.2) is 9.55 Å². The van der Waals surface area contributed by atoms with E-state index < -0.39 is 0 Å². The van der Waals surface area contributed by atoms with Crippen LogP contribution in [0.2, 0.25) is 0 Å². The normalized spacial score (nSPS) is 11.6. The Kier molecular flexibility index (Phi) is 6.73. The number of benzene rings is 4. The van der Waals surface area contributed by atoms with Gasteiger partial charge in [-0.2, -0.15) is 0 Å². The smallest absolute Gasteiger partial charge is 0.0716 e. The summed E-state index contributed by atoms with van der Waals surface area (Å²) in [6.45, 7) is 3.35. The van der Waals surface area contributed by atoms with Crippen LogP contribution in [0, 0.1) is 0 Å². The number of aromatic nitrogens is 2. The minimum atomic E-state index is 1.02.